The average molecular weight is 393 g/mol. The van der Waals surface area contributed by atoms with Crippen molar-refractivity contribution < 1.29 is 14.1 Å². The van der Waals surface area contributed by atoms with Gasteiger partial charge in [0, 0.05) is 17.8 Å². The number of carbonyl (C=O) groups is 1. The monoisotopic (exact) mass is 393 g/mol. The van der Waals surface area contributed by atoms with Crippen molar-refractivity contribution in [2.24, 2.45) is 0 Å². The number of amides is 1. The van der Waals surface area contributed by atoms with E-state index in [0.717, 1.165) is 30.8 Å². The second-order valence-corrected chi connectivity index (χ2v) is 7.39. The van der Waals surface area contributed by atoms with E-state index < -0.39 is 16.4 Å². The molecule has 0 atom stereocenters. The van der Waals surface area contributed by atoms with Crippen molar-refractivity contribution in [3.05, 3.63) is 40.0 Å². The first kappa shape index (κ1) is 19.3. The molecule has 1 aromatic heterocycles. The smallest absolute Gasteiger partial charge is 0.306 e. The number of aryl methyl sites for hydroxylation is 1. The first-order valence-corrected chi connectivity index (χ1v) is 9.72. The number of nitrogens with zero attached hydrogens (tertiary/aromatic N) is 4. The van der Waals surface area contributed by atoms with E-state index in [4.69, 9.17) is 0 Å². The van der Waals surface area contributed by atoms with Crippen molar-refractivity contribution in [3.63, 3.8) is 0 Å². The molecule has 3 rings (SSSR count). The minimum Gasteiger partial charge on any atom is -0.325 e. The van der Waals surface area contributed by atoms with Crippen LogP contribution in [0.2, 0.25) is 0 Å². The summed E-state index contributed by atoms with van der Waals surface area (Å²) >= 11 is 1.27. The average Bonchev–Trinajstić information content (AvgIpc) is 3.02. The number of halogens is 1. The maximum absolute atomic E-state index is 13.4. The van der Waals surface area contributed by atoms with E-state index in [1.54, 1.807) is 0 Å². The van der Waals surface area contributed by atoms with Crippen LogP contribution in [0.4, 0.5) is 15.8 Å². The molecule has 1 saturated carbocycles. The van der Waals surface area contributed by atoms with Crippen LogP contribution >= 0.6 is 11.8 Å². The van der Waals surface area contributed by atoms with E-state index in [2.05, 4.69) is 20.1 Å². The summed E-state index contributed by atoms with van der Waals surface area (Å²) < 4.78 is 15.5. The Hall–Kier alpha value is -2.49. The lowest BCUT2D eigenvalue weighted by Gasteiger charge is -2.24. The zero-order valence-electron chi connectivity index (χ0n) is 14.9. The molecule has 0 radical (unpaired) electrons. The normalized spacial score (nSPS) is 14.9. The maximum atomic E-state index is 13.4. The topological polar surface area (TPSA) is 103 Å². The maximum Gasteiger partial charge on any atom is 0.306 e. The fourth-order valence-electron chi connectivity index (χ4n) is 3.27. The molecule has 1 aromatic carbocycles. The molecule has 1 aliphatic rings. The van der Waals surface area contributed by atoms with Gasteiger partial charge in [0.2, 0.25) is 11.7 Å². The SMILES string of the molecule is Cc1nnc(SCC(=O)Nc2ccc(F)c([N+](=O)[O-])c2)n1C1CCCCC1. The van der Waals surface area contributed by atoms with Crippen molar-refractivity contribution >= 4 is 29.0 Å². The Morgan fingerprint density at radius 2 is 2.11 bits per heavy atom. The Bertz CT molecular complexity index is 851. The van der Waals surface area contributed by atoms with Crippen molar-refractivity contribution in [1.82, 2.24) is 14.8 Å². The van der Waals surface area contributed by atoms with Crippen LogP contribution in [0.5, 0.6) is 0 Å². The third-order valence-electron chi connectivity index (χ3n) is 4.53. The van der Waals surface area contributed by atoms with Gasteiger partial charge in [-0.05, 0) is 31.9 Å². The van der Waals surface area contributed by atoms with Crippen molar-refractivity contribution in [3.8, 4) is 0 Å². The van der Waals surface area contributed by atoms with Gasteiger partial charge >= 0.3 is 5.69 Å². The Labute approximate surface area is 159 Å². The van der Waals surface area contributed by atoms with Gasteiger partial charge in [-0.2, -0.15) is 4.39 Å². The molecule has 0 unspecified atom stereocenters. The van der Waals surface area contributed by atoms with Gasteiger partial charge in [0.05, 0.1) is 10.7 Å². The predicted octanol–water partition coefficient (Wildman–Crippen LogP) is 3.87. The van der Waals surface area contributed by atoms with Crippen LogP contribution in [0.1, 0.15) is 44.0 Å². The highest BCUT2D eigenvalue weighted by Gasteiger charge is 2.22. The van der Waals surface area contributed by atoms with Gasteiger partial charge in [-0.15, -0.1) is 10.2 Å². The first-order chi connectivity index (χ1) is 13.0. The molecule has 0 saturated heterocycles. The number of nitro benzene ring substituents is 1. The summed E-state index contributed by atoms with van der Waals surface area (Å²) in [6.45, 7) is 1.91. The first-order valence-electron chi connectivity index (χ1n) is 8.74. The molecule has 2 aromatic rings. The number of nitrogens with one attached hydrogen (secondary N) is 1. The number of thioether (sulfide) groups is 1. The number of carbonyl (C=O) groups excluding carboxylic acids is 1. The Morgan fingerprint density at radius 3 is 2.81 bits per heavy atom. The molecule has 27 heavy (non-hydrogen) atoms. The molecule has 1 amide bonds. The van der Waals surface area contributed by atoms with Gasteiger partial charge in [0.15, 0.2) is 5.16 Å². The van der Waals surface area contributed by atoms with Gasteiger partial charge in [0.25, 0.3) is 0 Å². The number of benzene rings is 1. The Kier molecular flexibility index (Phi) is 6.04. The summed E-state index contributed by atoms with van der Waals surface area (Å²) in [7, 11) is 0. The van der Waals surface area contributed by atoms with E-state index in [1.165, 1.54) is 37.1 Å². The quantitative estimate of drug-likeness (QED) is 0.454. The number of anilines is 1. The van der Waals surface area contributed by atoms with Crippen LogP contribution in [0, 0.1) is 22.9 Å². The summed E-state index contributed by atoms with van der Waals surface area (Å²) in [6, 6.07) is 3.62. The standard InChI is InChI=1S/C17H20FN5O3S/c1-11-20-21-17(22(11)13-5-3-2-4-6-13)27-10-16(24)19-12-7-8-14(18)15(9-12)23(25)26/h7-9,13H,2-6,10H2,1H3,(H,19,24). The molecule has 1 heterocycles. The summed E-state index contributed by atoms with van der Waals surface area (Å²) in [5.41, 5.74) is -0.494. The molecular formula is C17H20FN5O3S. The molecule has 8 nitrogen and oxygen atoms in total. The van der Waals surface area contributed by atoms with Gasteiger partial charge < -0.3 is 9.88 Å². The van der Waals surface area contributed by atoms with E-state index in [0.29, 0.717) is 11.2 Å². The number of rotatable bonds is 6. The highest BCUT2D eigenvalue weighted by Crippen LogP contribution is 2.32. The summed E-state index contributed by atoms with van der Waals surface area (Å²) in [4.78, 5) is 22.2. The minimum atomic E-state index is -0.941. The number of hydrogen-bond acceptors (Lipinski definition) is 6. The molecule has 1 aliphatic carbocycles. The zero-order valence-corrected chi connectivity index (χ0v) is 15.7. The van der Waals surface area contributed by atoms with Gasteiger partial charge in [0.1, 0.15) is 5.82 Å². The lowest BCUT2D eigenvalue weighted by molar-refractivity contribution is -0.387. The molecule has 0 spiro atoms. The molecule has 0 aliphatic heterocycles. The van der Waals surface area contributed by atoms with Crippen LogP contribution in [0.3, 0.4) is 0 Å². The second-order valence-electron chi connectivity index (χ2n) is 6.45. The third kappa shape index (κ3) is 4.62. The second kappa shape index (κ2) is 8.47. The van der Waals surface area contributed by atoms with E-state index >= 15 is 0 Å². The molecule has 1 fully saturated rings. The molecular weight excluding hydrogens is 373 g/mol. The van der Waals surface area contributed by atoms with Crippen LogP contribution in [-0.2, 0) is 4.79 Å². The largest absolute Gasteiger partial charge is 0.325 e. The minimum absolute atomic E-state index is 0.0794. The van der Waals surface area contributed by atoms with Gasteiger partial charge in [-0.1, -0.05) is 31.0 Å². The summed E-state index contributed by atoms with van der Waals surface area (Å²) in [6.07, 6.45) is 5.76. The Morgan fingerprint density at radius 1 is 1.37 bits per heavy atom. The van der Waals surface area contributed by atoms with E-state index in [1.807, 2.05) is 6.92 Å². The summed E-state index contributed by atoms with van der Waals surface area (Å²) in [5.74, 6) is -0.380. The van der Waals surface area contributed by atoms with E-state index in [9.17, 15) is 19.3 Å². The lowest BCUT2D eigenvalue weighted by Crippen LogP contribution is -2.17. The van der Waals surface area contributed by atoms with Crippen molar-refractivity contribution in [2.45, 2.75) is 50.2 Å². The lowest BCUT2D eigenvalue weighted by atomic mass is 9.95. The summed E-state index contributed by atoms with van der Waals surface area (Å²) in [5, 5.41) is 22.4. The number of hydrogen-bond donors (Lipinski definition) is 1. The van der Waals surface area contributed by atoms with Crippen LogP contribution in [-0.4, -0.2) is 31.3 Å². The fraction of sp³-hybridized carbons (Fsp3) is 0.471. The number of nitro groups is 1. The molecule has 1 N–H and O–H groups in total. The number of aromatic nitrogens is 3. The molecule has 144 valence electrons. The van der Waals surface area contributed by atoms with Gasteiger partial charge in [-0.3, -0.25) is 14.9 Å². The van der Waals surface area contributed by atoms with Crippen LogP contribution in [0.25, 0.3) is 0 Å². The third-order valence-corrected chi connectivity index (χ3v) is 5.48. The zero-order chi connectivity index (χ0) is 19.4. The predicted molar refractivity (Wildman–Crippen MR) is 99.3 cm³/mol. The fourth-order valence-corrected chi connectivity index (χ4v) is 4.12. The van der Waals surface area contributed by atoms with Crippen LogP contribution < -0.4 is 5.32 Å². The highest BCUT2D eigenvalue weighted by atomic mass is 32.2. The van der Waals surface area contributed by atoms with E-state index in [-0.39, 0.29) is 17.3 Å². The molecule has 10 heteroatoms. The van der Waals surface area contributed by atoms with Crippen LogP contribution in [0.15, 0.2) is 23.4 Å². The van der Waals surface area contributed by atoms with Gasteiger partial charge in [-0.25, -0.2) is 0 Å². The Balaban J connectivity index is 1.63. The van der Waals surface area contributed by atoms with Crippen molar-refractivity contribution in [1.29, 1.82) is 0 Å². The molecule has 0 bridgehead atoms. The highest BCUT2D eigenvalue weighted by molar-refractivity contribution is 7.99. The van der Waals surface area contributed by atoms with Crippen molar-refractivity contribution in [2.75, 3.05) is 11.1 Å².